The largest absolute Gasteiger partial charge is 0.461 e. The summed E-state index contributed by atoms with van der Waals surface area (Å²) in [5, 5.41) is 0. The van der Waals surface area contributed by atoms with E-state index in [0.29, 0.717) is 12.0 Å². The standard InChI is InChI=1S/C17H22O5/c1-7(2)13(18)12-8-6-9-11(15(19)21-14(9)12)10(8)16(20)22-17(3,4)5/h8-12,14H,1,6H2,2-5H3. The van der Waals surface area contributed by atoms with Crippen LogP contribution in [0.5, 0.6) is 0 Å². The summed E-state index contributed by atoms with van der Waals surface area (Å²) < 4.78 is 10.9. The highest BCUT2D eigenvalue weighted by Crippen LogP contribution is 2.61. The Balaban J connectivity index is 1.92. The molecule has 3 aliphatic rings. The van der Waals surface area contributed by atoms with Crippen molar-refractivity contribution in [2.75, 3.05) is 0 Å². The fraction of sp³-hybridized carbons (Fsp3) is 0.706. The molecule has 0 radical (unpaired) electrons. The summed E-state index contributed by atoms with van der Waals surface area (Å²) in [4.78, 5) is 37.1. The molecule has 1 aliphatic heterocycles. The van der Waals surface area contributed by atoms with Crippen molar-refractivity contribution in [3.05, 3.63) is 12.2 Å². The molecule has 0 aromatic rings. The third kappa shape index (κ3) is 2.09. The number of ether oxygens (including phenoxy) is 2. The van der Waals surface area contributed by atoms with Crippen LogP contribution in [0.1, 0.15) is 34.1 Å². The first-order valence-corrected chi connectivity index (χ1v) is 7.75. The van der Waals surface area contributed by atoms with Gasteiger partial charge in [-0.25, -0.2) is 0 Å². The molecule has 2 aliphatic carbocycles. The Hall–Kier alpha value is -1.65. The van der Waals surface area contributed by atoms with Crippen LogP contribution >= 0.6 is 0 Å². The number of hydrogen-bond acceptors (Lipinski definition) is 5. The molecule has 3 fully saturated rings. The smallest absolute Gasteiger partial charge is 0.310 e. The van der Waals surface area contributed by atoms with E-state index < -0.39 is 23.4 Å². The number of carbonyl (C=O) groups is 3. The number of Topliss-reactive ketones (excluding diaryl/α,β-unsaturated/α-hetero) is 1. The number of ketones is 1. The van der Waals surface area contributed by atoms with Crippen LogP contribution in [0.15, 0.2) is 12.2 Å². The predicted molar refractivity (Wildman–Crippen MR) is 77.6 cm³/mol. The van der Waals surface area contributed by atoms with Gasteiger partial charge in [0.05, 0.1) is 17.8 Å². The maximum absolute atomic E-state index is 12.6. The van der Waals surface area contributed by atoms with Crippen molar-refractivity contribution in [3.8, 4) is 0 Å². The van der Waals surface area contributed by atoms with Gasteiger partial charge in [0.2, 0.25) is 0 Å². The zero-order valence-electron chi connectivity index (χ0n) is 13.4. The Morgan fingerprint density at radius 1 is 1.23 bits per heavy atom. The van der Waals surface area contributed by atoms with E-state index in [-0.39, 0.29) is 35.7 Å². The van der Waals surface area contributed by atoms with Crippen LogP contribution in [0.2, 0.25) is 0 Å². The molecule has 1 saturated heterocycles. The third-order valence-electron chi connectivity index (χ3n) is 5.02. The van der Waals surface area contributed by atoms with Gasteiger partial charge in [-0.3, -0.25) is 14.4 Å². The summed E-state index contributed by atoms with van der Waals surface area (Å²) in [6.45, 7) is 10.8. The summed E-state index contributed by atoms with van der Waals surface area (Å²) in [5.41, 5.74) is -0.172. The van der Waals surface area contributed by atoms with Crippen LogP contribution in [0, 0.1) is 29.6 Å². The van der Waals surface area contributed by atoms with Gasteiger partial charge < -0.3 is 9.47 Å². The molecule has 5 heteroatoms. The molecule has 3 rings (SSSR count). The van der Waals surface area contributed by atoms with Gasteiger partial charge in [0.25, 0.3) is 0 Å². The zero-order valence-corrected chi connectivity index (χ0v) is 13.4. The van der Waals surface area contributed by atoms with E-state index in [9.17, 15) is 14.4 Å². The van der Waals surface area contributed by atoms with E-state index in [4.69, 9.17) is 9.47 Å². The van der Waals surface area contributed by atoms with E-state index in [0.717, 1.165) is 0 Å². The first kappa shape index (κ1) is 15.3. The molecule has 5 nitrogen and oxygen atoms in total. The molecule has 6 atom stereocenters. The van der Waals surface area contributed by atoms with E-state index in [1.807, 2.05) is 0 Å². The highest BCUT2D eigenvalue weighted by molar-refractivity contribution is 5.99. The molecular formula is C17H22O5. The summed E-state index contributed by atoms with van der Waals surface area (Å²) >= 11 is 0. The van der Waals surface area contributed by atoms with E-state index in [1.165, 1.54) is 0 Å². The van der Waals surface area contributed by atoms with Crippen LogP contribution < -0.4 is 0 Å². The van der Waals surface area contributed by atoms with Crippen molar-refractivity contribution >= 4 is 17.7 Å². The van der Waals surface area contributed by atoms with Gasteiger partial charge in [0.15, 0.2) is 5.78 Å². The molecule has 0 aromatic heterocycles. The highest BCUT2D eigenvalue weighted by atomic mass is 16.6. The lowest BCUT2D eigenvalue weighted by Gasteiger charge is -2.31. The fourth-order valence-corrected chi connectivity index (χ4v) is 4.37. The average Bonchev–Trinajstić information content (AvgIpc) is 2.95. The van der Waals surface area contributed by atoms with Gasteiger partial charge in [-0.2, -0.15) is 0 Å². The Morgan fingerprint density at radius 2 is 1.86 bits per heavy atom. The lowest BCUT2D eigenvalue weighted by Crippen LogP contribution is -2.43. The minimum absolute atomic E-state index is 0.0386. The Bertz CT molecular complexity index is 570. The summed E-state index contributed by atoms with van der Waals surface area (Å²) in [7, 11) is 0. The van der Waals surface area contributed by atoms with Crippen molar-refractivity contribution < 1.29 is 23.9 Å². The topological polar surface area (TPSA) is 69.7 Å². The molecule has 6 unspecified atom stereocenters. The monoisotopic (exact) mass is 306 g/mol. The van der Waals surface area contributed by atoms with Gasteiger partial charge in [0, 0.05) is 5.92 Å². The van der Waals surface area contributed by atoms with Crippen LogP contribution in [-0.4, -0.2) is 29.4 Å². The minimum Gasteiger partial charge on any atom is -0.461 e. The Kier molecular flexibility index (Phi) is 3.24. The number of fused-ring (bicyclic) bond motifs is 1. The van der Waals surface area contributed by atoms with Crippen molar-refractivity contribution in [1.29, 1.82) is 0 Å². The molecule has 0 N–H and O–H groups in total. The number of hydrogen-bond donors (Lipinski definition) is 0. The zero-order chi connectivity index (χ0) is 16.4. The van der Waals surface area contributed by atoms with Crippen LogP contribution in [0.3, 0.4) is 0 Å². The van der Waals surface area contributed by atoms with E-state index in [2.05, 4.69) is 6.58 Å². The predicted octanol–water partition coefficient (Wildman–Crippen LogP) is 1.90. The van der Waals surface area contributed by atoms with Crippen molar-refractivity contribution in [2.24, 2.45) is 29.6 Å². The fourth-order valence-electron chi connectivity index (χ4n) is 4.37. The Morgan fingerprint density at radius 3 is 2.41 bits per heavy atom. The third-order valence-corrected chi connectivity index (χ3v) is 5.02. The maximum Gasteiger partial charge on any atom is 0.310 e. The number of carbonyl (C=O) groups excluding carboxylic acids is 3. The lowest BCUT2D eigenvalue weighted by molar-refractivity contribution is -0.166. The van der Waals surface area contributed by atoms with E-state index >= 15 is 0 Å². The molecule has 120 valence electrons. The molecule has 2 saturated carbocycles. The molecule has 0 spiro atoms. The lowest BCUT2D eigenvalue weighted by atomic mass is 9.72. The quantitative estimate of drug-likeness (QED) is 0.588. The van der Waals surface area contributed by atoms with Gasteiger partial charge in [-0.1, -0.05) is 6.58 Å². The second kappa shape index (κ2) is 4.67. The van der Waals surface area contributed by atoms with Crippen LogP contribution in [0.4, 0.5) is 0 Å². The molecule has 0 aromatic carbocycles. The van der Waals surface area contributed by atoms with Gasteiger partial charge in [-0.05, 0) is 45.6 Å². The van der Waals surface area contributed by atoms with Crippen LogP contribution in [0.25, 0.3) is 0 Å². The van der Waals surface area contributed by atoms with Crippen molar-refractivity contribution in [1.82, 2.24) is 0 Å². The van der Waals surface area contributed by atoms with Crippen LogP contribution in [-0.2, 0) is 23.9 Å². The number of esters is 2. The molecular weight excluding hydrogens is 284 g/mol. The maximum atomic E-state index is 12.6. The average molecular weight is 306 g/mol. The SMILES string of the molecule is C=C(C)C(=O)C1C2CC3C1OC(=O)C3C2C(=O)OC(C)(C)C. The second-order valence-corrected chi connectivity index (χ2v) is 7.72. The second-order valence-electron chi connectivity index (χ2n) is 7.72. The summed E-state index contributed by atoms with van der Waals surface area (Å²) in [5.74, 6) is -2.51. The Labute approximate surface area is 130 Å². The minimum atomic E-state index is -0.616. The number of rotatable bonds is 3. The molecule has 2 bridgehead atoms. The highest BCUT2D eigenvalue weighted by Gasteiger charge is 2.70. The normalized spacial score (nSPS) is 38.8. The first-order chi connectivity index (χ1) is 10.1. The van der Waals surface area contributed by atoms with Crippen molar-refractivity contribution in [3.63, 3.8) is 0 Å². The van der Waals surface area contributed by atoms with Gasteiger partial charge in [-0.15, -0.1) is 0 Å². The molecule has 22 heavy (non-hydrogen) atoms. The van der Waals surface area contributed by atoms with Crippen molar-refractivity contribution in [2.45, 2.75) is 45.8 Å². The van der Waals surface area contributed by atoms with E-state index in [1.54, 1.807) is 27.7 Å². The number of allylic oxidation sites excluding steroid dienone is 1. The summed E-state index contributed by atoms with van der Waals surface area (Å²) in [6, 6.07) is 0. The summed E-state index contributed by atoms with van der Waals surface area (Å²) in [6.07, 6.45) is 0.291. The van der Waals surface area contributed by atoms with Gasteiger partial charge >= 0.3 is 11.9 Å². The first-order valence-electron chi connectivity index (χ1n) is 7.75. The van der Waals surface area contributed by atoms with Gasteiger partial charge in [0.1, 0.15) is 11.7 Å². The molecule has 1 heterocycles. The molecule has 0 amide bonds.